The van der Waals surface area contributed by atoms with E-state index >= 15 is 0 Å². The van der Waals surface area contributed by atoms with E-state index in [2.05, 4.69) is 15.5 Å². The Balaban J connectivity index is 1.61. The van der Waals surface area contributed by atoms with Crippen LogP contribution >= 0.6 is 23.2 Å². The van der Waals surface area contributed by atoms with E-state index in [1.165, 1.54) is 24.3 Å². The van der Waals surface area contributed by atoms with Gasteiger partial charge in [-0.25, -0.2) is 0 Å². The van der Waals surface area contributed by atoms with Gasteiger partial charge in [-0.2, -0.15) is 16.8 Å². The molecule has 0 spiro atoms. The highest BCUT2D eigenvalue weighted by Gasteiger charge is 2.28. The maximum absolute atomic E-state index is 12.9. The topological polar surface area (TPSA) is 201 Å². The van der Waals surface area contributed by atoms with Crippen molar-refractivity contribution in [3.8, 4) is 23.0 Å². The minimum Gasteiger partial charge on any atom is -0.505 e. The number of carbonyl (C=O) groups is 1. The molecular formula is C31H23Cl2N3O10S2. The van der Waals surface area contributed by atoms with Crippen LogP contribution in [0.1, 0.15) is 5.56 Å². The van der Waals surface area contributed by atoms with Crippen LogP contribution in [0.2, 0.25) is 10.0 Å². The molecule has 0 saturated heterocycles. The van der Waals surface area contributed by atoms with Gasteiger partial charge in [0.25, 0.3) is 26.1 Å². The molecule has 0 saturated carbocycles. The van der Waals surface area contributed by atoms with Gasteiger partial charge in [0.05, 0.1) is 16.1 Å². The molecule has 0 fully saturated rings. The Kier molecular flexibility index (Phi) is 9.91. The average Bonchev–Trinajstić information content (AvgIpc) is 3.00. The zero-order chi connectivity index (χ0) is 34.8. The smallest absolute Gasteiger partial charge is 0.296 e. The first-order valence-electron chi connectivity index (χ1n) is 13.5. The molecule has 17 heteroatoms. The number of phenolic OH excluding ortho intramolecular Hbond substituents is 1. The predicted octanol–water partition coefficient (Wildman–Crippen LogP) is 7.88. The SMILES string of the molecule is Cc1ccccc1Oc1ccccc1N=Nc1c(S(=O)(=O)O)cc2c(S(=O)(=O)O)ccc(NC(=O)COc3ccc(Cl)cc3Cl)c2c1O. The quantitative estimate of drug-likeness (QED) is 0.0808. The van der Waals surface area contributed by atoms with Crippen LogP contribution in [-0.4, -0.2) is 43.6 Å². The number of ether oxygens (including phenoxy) is 2. The lowest BCUT2D eigenvalue weighted by atomic mass is 10.1. The summed E-state index contributed by atoms with van der Waals surface area (Å²) < 4.78 is 80.8. The number of aromatic hydroxyl groups is 1. The van der Waals surface area contributed by atoms with Gasteiger partial charge in [0.1, 0.15) is 32.7 Å². The van der Waals surface area contributed by atoms with E-state index in [1.807, 2.05) is 19.1 Å². The predicted molar refractivity (Wildman–Crippen MR) is 178 cm³/mol. The van der Waals surface area contributed by atoms with Crippen molar-refractivity contribution in [2.75, 3.05) is 11.9 Å². The molecule has 0 unspecified atom stereocenters. The lowest BCUT2D eigenvalue weighted by Crippen LogP contribution is -2.20. The van der Waals surface area contributed by atoms with Crippen molar-refractivity contribution < 1.29 is 45.3 Å². The van der Waals surface area contributed by atoms with Gasteiger partial charge in [0, 0.05) is 10.4 Å². The number of fused-ring (bicyclic) bond motifs is 1. The fourth-order valence-corrected chi connectivity index (χ4v) is 6.29. The van der Waals surface area contributed by atoms with Crippen molar-refractivity contribution in [2.24, 2.45) is 10.2 Å². The van der Waals surface area contributed by atoms with Crippen LogP contribution in [0, 0.1) is 6.92 Å². The van der Waals surface area contributed by atoms with Gasteiger partial charge in [-0.1, -0.05) is 53.5 Å². The number of amides is 1. The minimum atomic E-state index is -5.21. The van der Waals surface area contributed by atoms with Gasteiger partial charge in [-0.15, -0.1) is 10.2 Å². The van der Waals surface area contributed by atoms with Gasteiger partial charge in [-0.3, -0.25) is 13.9 Å². The molecule has 5 rings (SSSR count). The number of hydrogen-bond donors (Lipinski definition) is 4. The average molecular weight is 733 g/mol. The largest absolute Gasteiger partial charge is 0.505 e. The van der Waals surface area contributed by atoms with Gasteiger partial charge in [0.2, 0.25) is 0 Å². The first-order chi connectivity index (χ1) is 22.6. The van der Waals surface area contributed by atoms with Crippen molar-refractivity contribution in [2.45, 2.75) is 16.7 Å². The highest BCUT2D eigenvalue weighted by molar-refractivity contribution is 7.86. The Hall–Kier alpha value is -4.77. The van der Waals surface area contributed by atoms with Crippen LogP contribution in [0.15, 0.2) is 105 Å². The number of rotatable bonds is 10. The molecule has 0 aromatic heterocycles. The number of phenols is 1. The lowest BCUT2D eigenvalue weighted by molar-refractivity contribution is -0.118. The molecule has 13 nitrogen and oxygen atoms in total. The van der Waals surface area contributed by atoms with E-state index in [9.17, 15) is 35.8 Å². The Morgan fingerprint density at radius 3 is 2.15 bits per heavy atom. The van der Waals surface area contributed by atoms with Crippen LogP contribution in [0.4, 0.5) is 17.1 Å². The highest BCUT2D eigenvalue weighted by atomic mass is 35.5. The molecule has 248 valence electrons. The van der Waals surface area contributed by atoms with Gasteiger partial charge in [-0.05, 0) is 67.1 Å². The summed E-state index contributed by atoms with van der Waals surface area (Å²) in [6.45, 7) is 1.21. The first-order valence-corrected chi connectivity index (χ1v) is 17.2. The molecule has 48 heavy (non-hydrogen) atoms. The summed E-state index contributed by atoms with van der Waals surface area (Å²) in [7, 11) is -10.2. The molecule has 0 bridgehead atoms. The summed E-state index contributed by atoms with van der Waals surface area (Å²) >= 11 is 12.0. The molecule has 4 N–H and O–H groups in total. The van der Waals surface area contributed by atoms with Crippen LogP contribution in [0.5, 0.6) is 23.0 Å². The second kappa shape index (κ2) is 13.8. The summed E-state index contributed by atoms with van der Waals surface area (Å²) in [5.41, 5.74) is -0.175. The van der Waals surface area contributed by atoms with E-state index < -0.39 is 64.8 Å². The van der Waals surface area contributed by atoms with Crippen molar-refractivity contribution in [1.82, 2.24) is 0 Å². The zero-order valence-electron chi connectivity index (χ0n) is 24.5. The summed E-state index contributed by atoms with van der Waals surface area (Å²) in [5.74, 6) is -1.01. The van der Waals surface area contributed by atoms with E-state index in [4.69, 9.17) is 32.7 Å². The first kappa shape index (κ1) is 34.6. The van der Waals surface area contributed by atoms with E-state index in [-0.39, 0.29) is 27.9 Å². The van der Waals surface area contributed by atoms with Crippen molar-refractivity contribution in [1.29, 1.82) is 0 Å². The molecule has 0 aliphatic heterocycles. The molecule has 1 amide bonds. The maximum atomic E-state index is 12.9. The van der Waals surface area contributed by atoms with Crippen molar-refractivity contribution in [3.63, 3.8) is 0 Å². The molecule has 0 heterocycles. The minimum absolute atomic E-state index is 0.0831. The zero-order valence-corrected chi connectivity index (χ0v) is 27.6. The summed E-state index contributed by atoms with van der Waals surface area (Å²) in [6.07, 6.45) is 0. The third kappa shape index (κ3) is 7.68. The molecule has 0 aliphatic rings. The van der Waals surface area contributed by atoms with Crippen LogP contribution in [0.3, 0.4) is 0 Å². The third-order valence-electron chi connectivity index (χ3n) is 6.69. The number of nitrogens with one attached hydrogen (secondary N) is 1. The second-order valence-electron chi connectivity index (χ2n) is 10.0. The number of halogens is 2. The maximum Gasteiger partial charge on any atom is 0.296 e. The third-order valence-corrected chi connectivity index (χ3v) is 9.00. The fourth-order valence-electron chi connectivity index (χ4n) is 4.50. The highest BCUT2D eigenvalue weighted by Crippen LogP contribution is 2.46. The molecule has 0 atom stereocenters. The molecule has 0 aliphatic carbocycles. The summed E-state index contributed by atoms with van der Waals surface area (Å²) in [4.78, 5) is 11.0. The number of hydrogen-bond acceptors (Lipinski definition) is 10. The van der Waals surface area contributed by atoms with E-state index in [1.54, 1.807) is 30.3 Å². The Morgan fingerprint density at radius 1 is 0.812 bits per heavy atom. The number of benzene rings is 5. The van der Waals surface area contributed by atoms with Crippen molar-refractivity contribution >= 4 is 77.2 Å². The number of para-hydroxylation sites is 2. The second-order valence-corrected chi connectivity index (χ2v) is 13.6. The molecule has 5 aromatic carbocycles. The Labute approximate surface area is 283 Å². The number of aryl methyl sites for hydroxylation is 1. The fraction of sp³-hybridized carbons (Fsp3) is 0.0645. The summed E-state index contributed by atoms with van der Waals surface area (Å²) in [6, 6.07) is 20.3. The van der Waals surface area contributed by atoms with E-state index in [0.717, 1.165) is 17.7 Å². The molecular weight excluding hydrogens is 709 g/mol. The van der Waals surface area contributed by atoms with Crippen LogP contribution < -0.4 is 14.8 Å². The number of anilines is 1. The van der Waals surface area contributed by atoms with Crippen LogP contribution in [-0.2, 0) is 25.0 Å². The monoisotopic (exact) mass is 731 g/mol. The lowest BCUT2D eigenvalue weighted by Gasteiger charge is -2.16. The Morgan fingerprint density at radius 2 is 1.48 bits per heavy atom. The Bertz CT molecular complexity index is 2330. The van der Waals surface area contributed by atoms with Gasteiger partial charge in [0.15, 0.2) is 18.1 Å². The van der Waals surface area contributed by atoms with E-state index in [0.29, 0.717) is 16.8 Å². The molecule has 5 aromatic rings. The standard InChI is InChI=1S/C31H23Cl2N3O10S2/c1-17-6-2-4-8-23(17)46-25-9-5-3-7-21(25)35-36-30-27(48(42,43)44)15-19-26(47(39,40)41)13-11-22(29(19)31(30)38)34-28(37)16-45-24-12-10-18(32)14-20(24)33/h2-15,38H,16H2,1H3,(H,34,37)(H,39,40,41)(H,42,43,44). The van der Waals surface area contributed by atoms with Crippen LogP contribution in [0.25, 0.3) is 10.8 Å². The van der Waals surface area contributed by atoms with Crippen molar-refractivity contribution in [3.05, 3.63) is 101 Å². The normalized spacial score (nSPS) is 11.9. The van der Waals surface area contributed by atoms with Gasteiger partial charge < -0.3 is 19.9 Å². The van der Waals surface area contributed by atoms with Gasteiger partial charge >= 0.3 is 0 Å². The molecule has 0 radical (unpaired) electrons. The number of nitrogens with zero attached hydrogens (tertiary/aromatic N) is 2. The number of carbonyl (C=O) groups excluding carboxylic acids is 1. The number of azo groups is 1. The summed E-state index contributed by atoms with van der Waals surface area (Å²) in [5, 5.41) is 21.2.